The van der Waals surface area contributed by atoms with Gasteiger partial charge in [0.25, 0.3) is 0 Å². The molecule has 0 spiro atoms. The Morgan fingerprint density at radius 3 is 2.79 bits per heavy atom. The molecule has 1 aliphatic rings. The summed E-state index contributed by atoms with van der Waals surface area (Å²) in [5.74, 6) is 1.04. The minimum atomic E-state index is 0.269. The van der Waals surface area contributed by atoms with Gasteiger partial charge in [0.05, 0.1) is 5.52 Å². The van der Waals surface area contributed by atoms with E-state index < -0.39 is 0 Å². The van der Waals surface area contributed by atoms with Crippen LogP contribution in [0.5, 0.6) is 0 Å². The second-order valence-corrected chi connectivity index (χ2v) is 5.49. The second-order valence-electron chi connectivity index (χ2n) is 5.49. The number of nitrogens with zero attached hydrogens (tertiary/aromatic N) is 1. The normalized spacial score (nSPS) is 16.0. The first-order chi connectivity index (χ1) is 9.34. The van der Waals surface area contributed by atoms with Crippen LogP contribution in [0.1, 0.15) is 48.9 Å². The van der Waals surface area contributed by atoms with Gasteiger partial charge in [0.1, 0.15) is 0 Å². The average Bonchev–Trinajstić information content (AvgIpc) is 2.97. The van der Waals surface area contributed by atoms with Crippen LogP contribution in [0.4, 0.5) is 0 Å². The molecule has 2 aromatic rings. The molecule has 3 rings (SSSR count). The van der Waals surface area contributed by atoms with Gasteiger partial charge in [-0.3, -0.25) is 9.78 Å². The van der Waals surface area contributed by atoms with E-state index in [4.69, 9.17) is 0 Å². The van der Waals surface area contributed by atoms with Crippen LogP contribution in [0.15, 0.2) is 36.5 Å². The molecular weight excluding hydrogens is 234 g/mol. The molecule has 1 aromatic carbocycles. The third kappa shape index (κ3) is 2.67. The quantitative estimate of drug-likeness (QED) is 0.756. The zero-order chi connectivity index (χ0) is 13.1. The largest absolute Gasteiger partial charge is 0.294 e. The number of pyridine rings is 1. The van der Waals surface area contributed by atoms with Crippen molar-refractivity contribution in [2.24, 2.45) is 5.92 Å². The number of fused-ring (bicyclic) bond motifs is 1. The molecule has 1 aromatic heterocycles. The van der Waals surface area contributed by atoms with Crippen molar-refractivity contribution in [3.63, 3.8) is 0 Å². The van der Waals surface area contributed by atoms with E-state index in [1.54, 1.807) is 6.20 Å². The first-order valence-electron chi connectivity index (χ1n) is 7.21. The van der Waals surface area contributed by atoms with Crippen LogP contribution in [0, 0.1) is 5.92 Å². The second kappa shape index (κ2) is 5.52. The molecule has 98 valence electrons. The molecule has 1 fully saturated rings. The van der Waals surface area contributed by atoms with E-state index in [0.29, 0.717) is 6.42 Å². The third-order valence-electron chi connectivity index (χ3n) is 4.20. The van der Waals surface area contributed by atoms with Gasteiger partial charge >= 0.3 is 0 Å². The van der Waals surface area contributed by atoms with Crippen molar-refractivity contribution in [2.45, 2.75) is 38.5 Å². The Morgan fingerprint density at radius 1 is 1.16 bits per heavy atom. The molecule has 0 N–H and O–H groups in total. The fourth-order valence-electron chi connectivity index (χ4n) is 3.11. The summed E-state index contributed by atoms with van der Waals surface area (Å²) in [4.78, 5) is 16.7. The van der Waals surface area contributed by atoms with Gasteiger partial charge < -0.3 is 0 Å². The molecule has 0 amide bonds. The number of hydrogen-bond acceptors (Lipinski definition) is 2. The number of carbonyl (C=O) groups is 1. The lowest BCUT2D eigenvalue weighted by molar-refractivity contribution is 0.0975. The first kappa shape index (κ1) is 12.3. The first-order valence-corrected chi connectivity index (χ1v) is 7.21. The topological polar surface area (TPSA) is 30.0 Å². The number of para-hydroxylation sites is 1. The Bertz CT molecular complexity index is 579. The Kier molecular flexibility index (Phi) is 3.58. The zero-order valence-electron chi connectivity index (χ0n) is 11.1. The molecule has 1 heterocycles. The van der Waals surface area contributed by atoms with E-state index in [-0.39, 0.29) is 5.78 Å². The number of carbonyl (C=O) groups excluding carboxylic acids is 1. The van der Waals surface area contributed by atoms with E-state index in [2.05, 4.69) is 4.98 Å². The van der Waals surface area contributed by atoms with Gasteiger partial charge in [-0.25, -0.2) is 0 Å². The Balaban J connectivity index is 1.77. The number of benzene rings is 1. The summed E-state index contributed by atoms with van der Waals surface area (Å²) in [6.07, 6.45) is 8.78. The number of Topliss-reactive ketones (excluding diaryl/α,β-unsaturated/α-hetero) is 1. The maximum absolute atomic E-state index is 12.4. The molecule has 0 saturated heterocycles. The van der Waals surface area contributed by atoms with Crippen molar-refractivity contribution in [1.29, 1.82) is 0 Å². The molecule has 0 radical (unpaired) electrons. The molecule has 0 unspecified atom stereocenters. The zero-order valence-corrected chi connectivity index (χ0v) is 11.1. The third-order valence-corrected chi connectivity index (χ3v) is 4.20. The minimum absolute atomic E-state index is 0.269. The van der Waals surface area contributed by atoms with Gasteiger partial charge in [0.2, 0.25) is 0 Å². The van der Waals surface area contributed by atoms with E-state index in [0.717, 1.165) is 28.8 Å². The van der Waals surface area contributed by atoms with Crippen LogP contribution in [-0.2, 0) is 0 Å². The van der Waals surface area contributed by atoms with Crippen molar-refractivity contribution >= 4 is 16.7 Å². The highest BCUT2D eigenvalue weighted by molar-refractivity contribution is 6.07. The SMILES string of the molecule is O=C(CCC1CCCC1)c1ccnc2ccccc12. The number of hydrogen-bond donors (Lipinski definition) is 0. The van der Waals surface area contributed by atoms with Crippen molar-refractivity contribution in [1.82, 2.24) is 4.98 Å². The lowest BCUT2D eigenvalue weighted by atomic mass is 9.96. The van der Waals surface area contributed by atoms with Crippen LogP contribution in [0.2, 0.25) is 0 Å². The van der Waals surface area contributed by atoms with Gasteiger partial charge in [0.15, 0.2) is 5.78 Å². The van der Waals surface area contributed by atoms with Crippen molar-refractivity contribution in [3.8, 4) is 0 Å². The highest BCUT2D eigenvalue weighted by atomic mass is 16.1. The van der Waals surface area contributed by atoms with E-state index in [9.17, 15) is 4.79 Å². The molecule has 2 nitrogen and oxygen atoms in total. The fraction of sp³-hybridized carbons (Fsp3) is 0.412. The molecule has 1 aliphatic carbocycles. The maximum Gasteiger partial charge on any atom is 0.163 e. The molecule has 0 atom stereocenters. The summed E-state index contributed by atoms with van der Waals surface area (Å²) in [5.41, 5.74) is 1.75. The van der Waals surface area contributed by atoms with Crippen LogP contribution >= 0.6 is 0 Å². The summed E-state index contributed by atoms with van der Waals surface area (Å²) < 4.78 is 0. The summed E-state index contributed by atoms with van der Waals surface area (Å²) in [6.45, 7) is 0. The lowest BCUT2D eigenvalue weighted by Crippen LogP contribution is -2.04. The highest BCUT2D eigenvalue weighted by Crippen LogP contribution is 2.29. The predicted molar refractivity (Wildman–Crippen MR) is 77.3 cm³/mol. The van der Waals surface area contributed by atoms with Crippen molar-refractivity contribution < 1.29 is 4.79 Å². The number of rotatable bonds is 4. The summed E-state index contributed by atoms with van der Waals surface area (Å²) in [5, 5.41) is 0.987. The Hall–Kier alpha value is -1.70. The molecular formula is C17H19NO. The van der Waals surface area contributed by atoms with Crippen LogP contribution in [0.3, 0.4) is 0 Å². The maximum atomic E-state index is 12.4. The average molecular weight is 253 g/mol. The smallest absolute Gasteiger partial charge is 0.163 e. The predicted octanol–water partition coefficient (Wildman–Crippen LogP) is 4.39. The van der Waals surface area contributed by atoms with E-state index in [1.165, 1.54) is 25.7 Å². The van der Waals surface area contributed by atoms with Gasteiger partial charge in [-0.05, 0) is 24.5 Å². The standard InChI is InChI=1S/C17H19NO/c19-17(10-9-13-5-1-2-6-13)15-11-12-18-16-8-4-3-7-14(15)16/h3-4,7-8,11-13H,1-2,5-6,9-10H2. The Labute approximate surface area is 113 Å². The van der Waals surface area contributed by atoms with Gasteiger partial charge in [-0.1, -0.05) is 43.9 Å². The number of ketones is 1. The van der Waals surface area contributed by atoms with Gasteiger partial charge in [-0.15, -0.1) is 0 Å². The molecule has 0 aliphatic heterocycles. The molecule has 0 bridgehead atoms. The van der Waals surface area contributed by atoms with Crippen LogP contribution < -0.4 is 0 Å². The summed E-state index contributed by atoms with van der Waals surface area (Å²) in [7, 11) is 0. The van der Waals surface area contributed by atoms with Gasteiger partial charge in [0, 0.05) is 23.6 Å². The van der Waals surface area contributed by atoms with E-state index >= 15 is 0 Å². The highest BCUT2D eigenvalue weighted by Gasteiger charge is 2.17. The van der Waals surface area contributed by atoms with E-state index in [1.807, 2.05) is 30.3 Å². The lowest BCUT2D eigenvalue weighted by Gasteiger charge is -2.09. The summed E-state index contributed by atoms with van der Waals surface area (Å²) >= 11 is 0. The number of aromatic nitrogens is 1. The van der Waals surface area contributed by atoms with Crippen molar-refractivity contribution in [2.75, 3.05) is 0 Å². The van der Waals surface area contributed by atoms with Crippen molar-refractivity contribution in [3.05, 3.63) is 42.1 Å². The Morgan fingerprint density at radius 2 is 1.95 bits per heavy atom. The molecule has 2 heteroatoms. The fourth-order valence-corrected chi connectivity index (χ4v) is 3.11. The minimum Gasteiger partial charge on any atom is -0.294 e. The van der Waals surface area contributed by atoms with Crippen LogP contribution in [0.25, 0.3) is 10.9 Å². The van der Waals surface area contributed by atoms with Crippen LogP contribution in [-0.4, -0.2) is 10.8 Å². The molecule has 19 heavy (non-hydrogen) atoms. The van der Waals surface area contributed by atoms with Gasteiger partial charge in [-0.2, -0.15) is 0 Å². The molecule has 1 saturated carbocycles. The monoisotopic (exact) mass is 253 g/mol. The summed E-state index contributed by atoms with van der Waals surface area (Å²) in [6, 6.07) is 9.74.